The summed E-state index contributed by atoms with van der Waals surface area (Å²) in [7, 11) is 3.32. The normalized spacial score (nSPS) is 17.5. The molecule has 0 saturated carbocycles. The molecule has 4 heterocycles. The Morgan fingerprint density at radius 3 is 2.73 bits per heavy atom. The number of nitrogens with one attached hydrogen (secondary N) is 1. The maximum Gasteiger partial charge on any atom is 0.271 e. The van der Waals surface area contributed by atoms with Crippen molar-refractivity contribution < 1.29 is 14.3 Å². The van der Waals surface area contributed by atoms with Gasteiger partial charge >= 0.3 is 0 Å². The lowest BCUT2D eigenvalue weighted by Gasteiger charge is -2.35. The molecule has 3 aromatic rings. The zero-order chi connectivity index (χ0) is 22.9. The number of ether oxygens (including phenoxy) is 2. The smallest absolute Gasteiger partial charge is 0.271 e. The highest BCUT2D eigenvalue weighted by atomic mass is 32.2. The van der Waals surface area contributed by atoms with Crippen molar-refractivity contribution in [2.45, 2.75) is 36.1 Å². The van der Waals surface area contributed by atoms with E-state index < -0.39 is 0 Å². The quantitative estimate of drug-likeness (QED) is 0.568. The summed E-state index contributed by atoms with van der Waals surface area (Å²) >= 11 is 2.87. The van der Waals surface area contributed by atoms with Gasteiger partial charge in [0.25, 0.3) is 5.56 Å². The largest absolute Gasteiger partial charge is 0.497 e. The molecule has 10 heteroatoms. The van der Waals surface area contributed by atoms with Gasteiger partial charge in [0.2, 0.25) is 5.91 Å². The van der Waals surface area contributed by atoms with E-state index in [0.29, 0.717) is 28.2 Å². The van der Waals surface area contributed by atoms with Crippen LogP contribution in [0.3, 0.4) is 0 Å². The number of aromatic nitrogens is 2. The monoisotopic (exact) mass is 486 g/mol. The number of hydrogen-bond acceptors (Lipinski definition) is 8. The van der Waals surface area contributed by atoms with Gasteiger partial charge in [0.05, 0.1) is 42.2 Å². The van der Waals surface area contributed by atoms with Crippen LogP contribution in [0.15, 0.2) is 33.5 Å². The van der Waals surface area contributed by atoms with E-state index in [0.717, 1.165) is 47.2 Å². The van der Waals surface area contributed by atoms with Crippen LogP contribution in [0.25, 0.3) is 10.2 Å². The van der Waals surface area contributed by atoms with Crippen LogP contribution < -0.4 is 20.3 Å². The number of anilines is 1. The second-order valence-electron chi connectivity index (χ2n) is 8.20. The Balaban J connectivity index is 1.57. The lowest BCUT2D eigenvalue weighted by Crippen LogP contribution is -2.38. The zero-order valence-corrected chi connectivity index (χ0v) is 20.3. The van der Waals surface area contributed by atoms with E-state index in [2.05, 4.69) is 15.2 Å². The highest BCUT2D eigenvalue weighted by Crippen LogP contribution is 2.42. The molecule has 0 spiro atoms. The molecule has 1 fully saturated rings. The first-order valence-corrected chi connectivity index (χ1v) is 12.8. The van der Waals surface area contributed by atoms with Gasteiger partial charge < -0.3 is 14.8 Å². The molecular weight excluding hydrogens is 460 g/mol. The van der Waals surface area contributed by atoms with Crippen molar-refractivity contribution in [2.75, 3.05) is 38.4 Å². The van der Waals surface area contributed by atoms with Crippen molar-refractivity contribution in [3.05, 3.63) is 40.4 Å². The van der Waals surface area contributed by atoms with Gasteiger partial charge in [0, 0.05) is 12.1 Å². The molecule has 2 aliphatic rings. The SMILES string of the molecule is COc1ccc(OC)c([C@@H](Cn2cnc3c4c(sc3c2=O)SCC(=O)N4)N2CCCCC2)c1. The van der Waals surface area contributed by atoms with Crippen molar-refractivity contribution in [2.24, 2.45) is 0 Å². The molecule has 174 valence electrons. The minimum absolute atomic E-state index is 0.0593. The van der Waals surface area contributed by atoms with Gasteiger partial charge in [0.15, 0.2) is 0 Å². The Kier molecular flexibility index (Phi) is 6.31. The summed E-state index contributed by atoms with van der Waals surface area (Å²) in [6, 6.07) is 5.75. The molecule has 1 N–H and O–H groups in total. The fourth-order valence-electron chi connectivity index (χ4n) is 4.56. The van der Waals surface area contributed by atoms with Crippen LogP contribution in [-0.2, 0) is 11.3 Å². The highest BCUT2D eigenvalue weighted by molar-refractivity contribution is 8.02. The average molecular weight is 487 g/mol. The number of thioether (sulfide) groups is 1. The second-order valence-corrected chi connectivity index (χ2v) is 10.5. The van der Waals surface area contributed by atoms with E-state index >= 15 is 0 Å². The molecule has 0 aliphatic carbocycles. The van der Waals surface area contributed by atoms with Gasteiger partial charge in [-0.25, -0.2) is 4.98 Å². The first-order chi connectivity index (χ1) is 16.1. The number of carbonyl (C=O) groups is 1. The van der Waals surface area contributed by atoms with Crippen LogP contribution in [0, 0.1) is 0 Å². The summed E-state index contributed by atoms with van der Waals surface area (Å²) in [4.78, 5) is 32.3. The van der Waals surface area contributed by atoms with Gasteiger partial charge in [-0.15, -0.1) is 23.1 Å². The summed E-state index contributed by atoms with van der Waals surface area (Å²) in [5.74, 6) is 1.83. The van der Waals surface area contributed by atoms with Crippen molar-refractivity contribution in [3.8, 4) is 11.5 Å². The maximum atomic E-state index is 13.5. The molecule has 5 rings (SSSR count). The number of fused-ring (bicyclic) bond motifs is 3. The van der Waals surface area contributed by atoms with E-state index in [1.54, 1.807) is 25.1 Å². The summed E-state index contributed by atoms with van der Waals surface area (Å²) in [5, 5.41) is 2.88. The Morgan fingerprint density at radius 1 is 1.15 bits per heavy atom. The molecule has 1 amide bonds. The lowest BCUT2D eigenvalue weighted by molar-refractivity contribution is -0.113. The van der Waals surface area contributed by atoms with E-state index in [9.17, 15) is 9.59 Å². The molecule has 2 aromatic heterocycles. The van der Waals surface area contributed by atoms with E-state index in [4.69, 9.17) is 9.47 Å². The number of carbonyl (C=O) groups excluding carboxylic acids is 1. The fraction of sp³-hybridized carbons (Fsp3) is 0.435. The van der Waals surface area contributed by atoms with Crippen molar-refractivity contribution in [3.63, 3.8) is 0 Å². The molecule has 8 nitrogen and oxygen atoms in total. The lowest BCUT2D eigenvalue weighted by atomic mass is 10.00. The van der Waals surface area contributed by atoms with Gasteiger partial charge in [-0.1, -0.05) is 6.42 Å². The van der Waals surface area contributed by atoms with Crippen LogP contribution in [0.5, 0.6) is 11.5 Å². The number of nitrogens with zero attached hydrogens (tertiary/aromatic N) is 3. The molecule has 1 aromatic carbocycles. The van der Waals surface area contributed by atoms with Gasteiger partial charge in [0.1, 0.15) is 21.7 Å². The molecule has 0 radical (unpaired) electrons. The van der Waals surface area contributed by atoms with Crippen molar-refractivity contribution in [1.29, 1.82) is 0 Å². The van der Waals surface area contributed by atoms with Gasteiger partial charge in [-0.3, -0.25) is 19.1 Å². The average Bonchev–Trinajstić information content (AvgIpc) is 3.22. The molecule has 1 saturated heterocycles. The van der Waals surface area contributed by atoms with E-state index in [1.807, 2.05) is 18.2 Å². The minimum Gasteiger partial charge on any atom is -0.497 e. The second kappa shape index (κ2) is 9.36. The van der Waals surface area contributed by atoms with E-state index in [1.165, 1.54) is 29.5 Å². The van der Waals surface area contributed by atoms with Crippen LogP contribution in [0.2, 0.25) is 0 Å². The third kappa shape index (κ3) is 4.22. The van der Waals surface area contributed by atoms with Gasteiger partial charge in [-0.2, -0.15) is 0 Å². The van der Waals surface area contributed by atoms with E-state index in [-0.39, 0.29) is 17.5 Å². The Bertz CT molecular complexity index is 1250. The van der Waals surface area contributed by atoms with Crippen LogP contribution >= 0.6 is 23.1 Å². The molecule has 2 aliphatic heterocycles. The first kappa shape index (κ1) is 22.2. The Labute approximate surface area is 199 Å². The van der Waals surface area contributed by atoms with Crippen molar-refractivity contribution >= 4 is 44.9 Å². The summed E-state index contributed by atoms with van der Waals surface area (Å²) in [6.07, 6.45) is 5.08. The number of thiophene rings is 1. The molecule has 33 heavy (non-hydrogen) atoms. The van der Waals surface area contributed by atoms with Gasteiger partial charge in [-0.05, 0) is 44.1 Å². The molecule has 1 atom stereocenters. The fourth-order valence-corrected chi connectivity index (χ4v) is 6.74. The highest BCUT2D eigenvalue weighted by Gasteiger charge is 2.28. The number of methoxy groups -OCH3 is 2. The molecule has 0 unspecified atom stereocenters. The third-order valence-electron chi connectivity index (χ3n) is 6.23. The Hall–Kier alpha value is -2.56. The number of piperidine rings is 1. The summed E-state index contributed by atoms with van der Waals surface area (Å²) < 4.78 is 14.4. The zero-order valence-electron chi connectivity index (χ0n) is 18.6. The number of likely N-dealkylation sites (tertiary alicyclic amines) is 1. The summed E-state index contributed by atoms with van der Waals surface area (Å²) in [6.45, 7) is 2.38. The number of rotatable bonds is 6. The summed E-state index contributed by atoms with van der Waals surface area (Å²) in [5.41, 5.74) is 2.16. The topological polar surface area (TPSA) is 85.7 Å². The van der Waals surface area contributed by atoms with Crippen LogP contribution in [0.4, 0.5) is 5.69 Å². The number of hydrogen-bond donors (Lipinski definition) is 1. The third-order valence-corrected chi connectivity index (χ3v) is 8.67. The number of amides is 1. The standard InChI is InChI=1S/C23H26N4O4S2/c1-30-14-6-7-17(31-2)15(10-14)16(26-8-4-3-5-9-26)11-27-13-24-19-20-23(32-12-18(28)25-20)33-21(19)22(27)29/h6-7,10,13,16H,3-5,8-9,11-12H2,1-2H3,(H,25,28)/t16-/m1/s1. The molecule has 0 bridgehead atoms. The first-order valence-electron chi connectivity index (χ1n) is 11.0. The predicted octanol–water partition coefficient (Wildman–Crippen LogP) is 3.75. The Morgan fingerprint density at radius 2 is 1.97 bits per heavy atom. The molecular formula is C23H26N4O4S2. The predicted molar refractivity (Wildman–Crippen MR) is 131 cm³/mol. The van der Waals surface area contributed by atoms with Crippen LogP contribution in [-0.4, -0.2) is 53.4 Å². The number of benzene rings is 1. The maximum absolute atomic E-state index is 13.5. The minimum atomic E-state index is -0.0851. The van der Waals surface area contributed by atoms with Crippen molar-refractivity contribution in [1.82, 2.24) is 14.5 Å². The van der Waals surface area contributed by atoms with Crippen LogP contribution in [0.1, 0.15) is 30.9 Å².